The van der Waals surface area contributed by atoms with Gasteiger partial charge in [-0.1, -0.05) is 30.3 Å². The van der Waals surface area contributed by atoms with Crippen LogP contribution < -0.4 is 26.3 Å². The van der Waals surface area contributed by atoms with Gasteiger partial charge >= 0.3 is 0 Å². The predicted molar refractivity (Wildman–Crippen MR) is 125 cm³/mol. The van der Waals surface area contributed by atoms with Gasteiger partial charge in [0.15, 0.2) is 0 Å². The summed E-state index contributed by atoms with van der Waals surface area (Å²) in [7, 11) is 1.48. The number of nitrogens with two attached hydrogens (primary N) is 2. The number of ether oxygens (including phenoxy) is 2. The van der Waals surface area contributed by atoms with E-state index in [1.54, 1.807) is 30.3 Å². The Kier molecular flexibility index (Phi) is 6.23. The van der Waals surface area contributed by atoms with Crippen LogP contribution >= 0.6 is 0 Å². The lowest BCUT2D eigenvalue weighted by atomic mass is 10.1. The molecule has 1 aromatic heterocycles. The Hall–Kier alpha value is -4.37. The molecule has 0 aliphatic carbocycles. The lowest BCUT2D eigenvalue weighted by molar-refractivity contribution is 0.1000. The third-order valence-corrected chi connectivity index (χ3v) is 5.04. The molecule has 3 aromatic carbocycles. The van der Waals surface area contributed by atoms with E-state index in [9.17, 15) is 9.90 Å². The highest BCUT2D eigenvalue weighted by molar-refractivity contribution is 5.97. The van der Waals surface area contributed by atoms with Crippen LogP contribution in [0.5, 0.6) is 17.4 Å². The first-order valence-corrected chi connectivity index (χ1v) is 10.1. The van der Waals surface area contributed by atoms with E-state index < -0.39 is 12.1 Å². The minimum absolute atomic E-state index is 0.180. The van der Waals surface area contributed by atoms with Gasteiger partial charge in [-0.2, -0.15) is 4.98 Å². The van der Waals surface area contributed by atoms with Crippen LogP contribution in [0.25, 0.3) is 10.8 Å². The van der Waals surface area contributed by atoms with Crippen LogP contribution in [0.4, 0.5) is 11.6 Å². The van der Waals surface area contributed by atoms with Crippen molar-refractivity contribution in [3.8, 4) is 17.4 Å². The van der Waals surface area contributed by atoms with Crippen molar-refractivity contribution in [2.24, 2.45) is 5.73 Å². The molecule has 0 saturated heterocycles. The lowest BCUT2D eigenvalue weighted by Crippen LogP contribution is -2.23. The van der Waals surface area contributed by atoms with Crippen molar-refractivity contribution >= 4 is 28.3 Å². The summed E-state index contributed by atoms with van der Waals surface area (Å²) >= 11 is 0. The Morgan fingerprint density at radius 1 is 1.09 bits per heavy atom. The quantitative estimate of drug-likeness (QED) is 0.239. The topological polar surface area (TPSA) is 146 Å². The summed E-state index contributed by atoms with van der Waals surface area (Å²) in [4.78, 5) is 19.8. The molecule has 1 atom stereocenters. The van der Waals surface area contributed by atoms with E-state index in [0.717, 1.165) is 10.8 Å². The molecule has 0 saturated carbocycles. The minimum atomic E-state index is -1.02. The highest BCUT2D eigenvalue weighted by atomic mass is 16.5. The van der Waals surface area contributed by atoms with Gasteiger partial charge in [-0.25, -0.2) is 4.98 Å². The van der Waals surface area contributed by atoms with Crippen molar-refractivity contribution in [1.29, 1.82) is 0 Å². The van der Waals surface area contributed by atoms with Crippen LogP contribution in [0.3, 0.4) is 0 Å². The summed E-state index contributed by atoms with van der Waals surface area (Å²) in [5, 5.41) is 15.1. The number of nitrogens with zero attached hydrogens (tertiary/aromatic N) is 2. The lowest BCUT2D eigenvalue weighted by Gasteiger charge is -2.16. The van der Waals surface area contributed by atoms with Crippen molar-refractivity contribution in [2.75, 3.05) is 18.2 Å². The number of benzene rings is 3. The second kappa shape index (κ2) is 9.41. The molecule has 1 unspecified atom stereocenters. The van der Waals surface area contributed by atoms with Crippen LogP contribution in [0, 0.1) is 0 Å². The van der Waals surface area contributed by atoms with Gasteiger partial charge in [0.2, 0.25) is 17.7 Å². The monoisotopic (exact) mass is 445 g/mol. The molecule has 0 fully saturated rings. The Morgan fingerprint density at radius 2 is 1.88 bits per heavy atom. The number of hydrogen-bond donors (Lipinski definition) is 4. The molecule has 0 aliphatic heterocycles. The van der Waals surface area contributed by atoms with E-state index in [4.69, 9.17) is 20.9 Å². The fourth-order valence-corrected chi connectivity index (χ4v) is 3.44. The largest absolute Gasteiger partial charge is 0.496 e. The van der Waals surface area contributed by atoms with E-state index in [-0.39, 0.29) is 12.4 Å². The van der Waals surface area contributed by atoms with Crippen LogP contribution in [0.2, 0.25) is 0 Å². The average molecular weight is 445 g/mol. The number of fused-ring (bicyclic) bond motifs is 1. The maximum absolute atomic E-state index is 11.4. The second-order valence-electron chi connectivity index (χ2n) is 7.27. The molecule has 4 rings (SSSR count). The number of anilines is 2. The summed E-state index contributed by atoms with van der Waals surface area (Å²) in [6.45, 7) is 0. The molecule has 1 heterocycles. The normalized spacial score (nSPS) is 11.7. The maximum atomic E-state index is 11.4. The number of methoxy groups -OCH3 is 1. The molecule has 0 spiro atoms. The number of carbonyl (C=O) groups excluding carboxylic acids is 1. The number of aromatic nitrogens is 2. The average Bonchev–Trinajstić information content (AvgIpc) is 2.81. The number of aliphatic hydroxyl groups is 1. The SMILES string of the molecule is COc1cc(C(N)=O)ccc1CC(O)Nc1nccc(Oc2ccc(N)c3ccccc23)n1. The number of primary amides is 1. The first-order chi connectivity index (χ1) is 15.9. The molecule has 0 radical (unpaired) electrons. The molecular weight excluding hydrogens is 422 g/mol. The van der Waals surface area contributed by atoms with Gasteiger partial charge in [-0.15, -0.1) is 0 Å². The van der Waals surface area contributed by atoms with Gasteiger partial charge in [-0.05, 0) is 29.8 Å². The second-order valence-corrected chi connectivity index (χ2v) is 7.27. The molecular formula is C24H23N5O4. The third kappa shape index (κ3) is 4.94. The van der Waals surface area contributed by atoms with E-state index in [2.05, 4.69) is 15.3 Å². The zero-order valence-electron chi connectivity index (χ0n) is 17.9. The smallest absolute Gasteiger partial charge is 0.248 e. The Balaban J connectivity index is 1.49. The van der Waals surface area contributed by atoms with Crippen molar-refractivity contribution in [3.05, 3.63) is 78.0 Å². The number of amides is 1. The van der Waals surface area contributed by atoms with E-state index >= 15 is 0 Å². The van der Waals surface area contributed by atoms with E-state index in [0.29, 0.717) is 34.2 Å². The number of nitrogens with one attached hydrogen (secondary N) is 1. The molecule has 6 N–H and O–H groups in total. The number of carbonyl (C=O) groups is 1. The van der Waals surface area contributed by atoms with Gasteiger partial charge in [0, 0.05) is 40.7 Å². The maximum Gasteiger partial charge on any atom is 0.248 e. The number of nitrogen functional groups attached to an aromatic ring is 1. The summed E-state index contributed by atoms with van der Waals surface area (Å²) in [5.41, 5.74) is 13.0. The van der Waals surface area contributed by atoms with Crippen LogP contribution in [-0.2, 0) is 6.42 Å². The molecule has 33 heavy (non-hydrogen) atoms. The number of aliphatic hydroxyl groups excluding tert-OH is 1. The highest BCUT2D eigenvalue weighted by Gasteiger charge is 2.14. The van der Waals surface area contributed by atoms with Gasteiger partial charge in [0.05, 0.1) is 7.11 Å². The molecule has 1 amide bonds. The summed E-state index contributed by atoms with van der Waals surface area (Å²) in [6, 6.07) is 17.6. The zero-order chi connectivity index (χ0) is 23.4. The molecule has 9 nitrogen and oxygen atoms in total. The Labute approximate surface area is 190 Å². The van der Waals surface area contributed by atoms with Gasteiger partial charge in [0.1, 0.15) is 17.7 Å². The van der Waals surface area contributed by atoms with E-state index in [1.807, 2.05) is 24.3 Å². The first-order valence-electron chi connectivity index (χ1n) is 10.1. The fourth-order valence-electron chi connectivity index (χ4n) is 3.44. The highest BCUT2D eigenvalue weighted by Crippen LogP contribution is 2.32. The summed E-state index contributed by atoms with van der Waals surface area (Å²) in [5.74, 6) is 0.979. The Bertz CT molecular complexity index is 1310. The van der Waals surface area contributed by atoms with Crippen molar-refractivity contribution in [1.82, 2.24) is 9.97 Å². The van der Waals surface area contributed by atoms with Crippen molar-refractivity contribution < 1.29 is 19.4 Å². The third-order valence-electron chi connectivity index (χ3n) is 5.04. The first kappa shape index (κ1) is 21.8. The molecule has 0 aliphatic rings. The zero-order valence-corrected chi connectivity index (χ0v) is 17.9. The summed E-state index contributed by atoms with van der Waals surface area (Å²) < 4.78 is 11.3. The summed E-state index contributed by atoms with van der Waals surface area (Å²) in [6.07, 6.45) is 0.684. The standard InChI is InChI=1S/C24H23N5O4/c1-32-20-12-15(23(26)31)7-6-14(20)13-21(30)28-24-27-11-10-22(29-24)33-19-9-8-18(25)16-4-2-3-5-17(16)19/h2-12,21,30H,13,25H2,1H3,(H2,26,31)(H,27,28,29). The fraction of sp³-hybridized carbons (Fsp3) is 0.125. The molecule has 9 heteroatoms. The molecule has 168 valence electrons. The number of rotatable bonds is 8. The predicted octanol–water partition coefficient (Wildman–Crippen LogP) is 3.08. The molecule has 0 bridgehead atoms. The van der Waals surface area contributed by atoms with Crippen LogP contribution in [-0.4, -0.2) is 34.3 Å². The minimum Gasteiger partial charge on any atom is -0.496 e. The van der Waals surface area contributed by atoms with Gasteiger partial charge in [0.25, 0.3) is 0 Å². The van der Waals surface area contributed by atoms with Crippen molar-refractivity contribution in [3.63, 3.8) is 0 Å². The van der Waals surface area contributed by atoms with Crippen molar-refractivity contribution in [2.45, 2.75) is 12.6 Å². The van der Waals surface area contributed by atoms with E-state index in [1.165, 1.54) is 19.4 Å². The molecule has 4 aromatic rings. The number of hydrogen-bond acceptors (Lipinski definition) is 8. The van der Waals surface area contributed by atoms with Crippen LogP contribution in [0.1, 0.15) is 15.9 Å². The van der Waals surface area contributed by atoms with Gasteiger partial charge < -0.3 is 31.4 Å². The van der Waals surface area contributed by atoms with Crippen LogP contribution in [0.15, 0.2) is 66.9 Å². The van der Waals surface area contributed by atoms with Gasteiger partial charge in [-0.3, -0.25) is 4.79 Å². The Morgan fingerprint density at radius 3 is 2.64 bits per heavy atom.